The first-order valence-corrected chi connectivity index (χ1v) is 2.52. The zero-order valence-corrected chi connectivity index (χ0v) is 10.4. The lowest BCUT2D eigenvalue weighted by Crippen LogP contribution is -1.47. The van der Waals surface area contributed by atoms with Crippen molar-refractivity contribution in [1.82, 2.24) is 0 Å². The van der Waals surface area contributed by atoms with Crippen LogP contribution in [0.3, 0.4) is 0 Å². The van der Waals surface area contributed by atoms with Gasteiger partial charge in [-0.15, -0.1) is 49.6 Å². The molecule has 68 valence electrons. The van der Waals surface area contributed by atoms with E-state index >= 15 is 0 Å². The summed E-state index contributed by atoms with van der Waals surface area (Å²) < 4.78 is -0.198. The van der Waals surface area contributed by atoms with Crippen molar-refractivity contribution in [3.8, 4) is 0 Å². The van der Waals surface area contributed by atoms with Crippen molar-refractivity contribution in [3.05, 3.63) is 8.98 Å². The Hall–Kier alpha value is 2.06. The molecule has 0 fully saturated rings. The summed E-state index contributed by atoms with van der Waals surface area (Å²) in [4.78, 5) is 0. The van der Waals surface area contributed by atoms with Crippen LogP contribution in [0.5, 0.6) is 0 Å². The fourth-order valence-electron chi connectivity index (χ4n) is 0. The van der Waals surface area contributed by atoms with Crippen molar-refractivity contribution in [2.45, 2.75) is 0 Å². The van der Waals surface area contributed by atoms with Gasteiger partial charge in [0.15, 0.2) is 0 Å². The molecule has 0 atom stereocenters. The van der Waals surface area contributed by atoms with E-state index in [-0.39, 0.29) is 58.6 Å². The lowest BCUT2D eigenvalue weighted by molar-refractivity contribution is 2.25. The van der Waals surface area contributed by atoms with E-state index in [1.54, 1.807) is 0 Å². The maximum atomic E-state index is 4.99. The van der Waals surface area contributed by atoms with Crippen molar-refractivity contribution in [3.63, 3.8) is 0 Å². The highest BCUT2D eigenvalue weighted by molar-refractivity contribution is 6.67. The number of rotatable bonds is 0. The first kappa shape index (κ1) is 29.6. The van der Waals surface area contributed by atoms with Gasteiger partial charge in [-0.3, -0.25) is 0 Å². The molecule has 0 N–H and O–H groups in total. The third-order valence-corrected chi connectivity index (χ3v) is 1.29. The fourth-order valence-corrected chi connectivity index (χ4v) is 0. The van der Waals surface area contributed by atoms with E-state index in [0.717, 1.165) is 0 Å². The van der Waals surface area contributed by atoms with Gasteiger partial charge in [0.05, 0.1) is 0 Å². The molecule has 0 radical (unpaired) electrons. The van der Waals surface area contributed by atoms with Crippen molar-refractivity contribution in [2.75, 3.05) is 0 Å². The summed E-state index contributed by atoms with van der Waals surface area (Å²) in [6.07, 6.45) is 0. The molecule has 0 aromatic heterocycles. The Labute approximate surface area is 104 Å². The minimum Gasteiger partial charge on any atom is -0.147 e. The Morgan fingerprint density at radius 2 is 0.600 bits per heavy atom. The van der Waals surface area contributed by atoms with Crippen LogP contribution in [0, 0.1) is 0 Å². The van der Waals surface area contributed by atoms with Crippen LogP contribution in [0.15, 0.2) is 8.98 Å². The zero-order valence-electron chi connectivity index (χ0n) is 4.14. The van der Waals surface area contributed by atoms with Gasteiger partial charge in [-0.1, -0.05) is 46.4 Å². The van der Waals surface area contributed by atoms with E-state index in [2.05, 4.69) is 0 Å². The molecule has 0 saturated heterocycles. The second-order valence-electron chi connectivity index (χ2n) is 0.521. The van der Waals surface area contributed by atoms with Gasteiger partial charge in [-0.05, 0) is 0 Å². The molecule has 0 bridgehead atoms. The summed E-state index contributed by atoms with van der Waals surface area (Å²) in [5.74, 6) is 0. The number of hydrogen-bond donors (Lipinski definition) is 0. The van der Waals surface area contributed by atoms with Crippen LogP contribution in [-0.4, -0.2) is 0 Å². The number of halogens is 8. The second-order valence-corrected chi connectivity index (χ2v) is 2.42. The molecule has 0 aliphatic heterocycles. The predicted molar refractivity (Wildman–Crippen MR) is 59.4 cm³/mol. The van der Waals surface area contributed by atoms with Crippen molar-refractivity contribution < 1.29 is 0 Å². The Morgan fingerprint density at radius 1 is 0.500 bits per heavy atom. The van der Waals surface area contributed by atoms with E-state index in [1.165, 1.54) is 0 Å². The highest BCUT2D eigenvalue weighted by Gasteiger charge is 1.88. The Balaban J connectivity index is -0.0000000208. The largest absolute Gasteiger partial charge is 0.147 e. The summed E-state index contributed by atoms with van der Waals surface area (Å²) >= 11 is 20.0. The third-order valence-electron chi connectivity index (χ3n) is 0.143. The molecule has 0 spiro atoms. The SMILES string of the molecule is Cl.Cl.Cl.Cl.ClC(Cl)=C(Cl)Cl. The van der Waals surface area contributed by atoms with Gasteiger partial charge in [0, 0.05) is 0 Å². The van der Waals surface area contributed by atoms with Crippen LogP contribution in [0.25, 0.3) is 0 Å². The minimum absolute atomic E-state index is 0. The average Bonchev–Trinajstić information content (AvgIpc) is 1.36. The van der Waals surface area contributed by atoms with Crippen LogP contribution < -0.4 is 0 Å². The van der Waals surface area contributed by atoms with Gasteiger partial charge in [0.25, 0.3) is 0 Å². The Bertz CT molecular complexity index is 57.3. The fraction of sp³-hybridized carbons (Fsp3) is 0. The monoisotopic (exact) mass is 308 g/mol. The molecule has 10 heavy (non-hydrogen) atoms. The second kappa shape index (κ2) is 17.2. The molecule has 0 saturated carbocycles. The molecule has 0 unspecified atom stereocenters. The minimum atomic E-state index is -0.0988. The molecule has 0 aromatic carbocycles. The van der Waals surface area contributed by atoms with Gasteiger partial charge < -0.3 is 0 Å². The van der Waals surface area contributed by atoms with Crippen molar-refractivity contribution in [2.24, 2.45) is 0 Å². The molecule has 0 heterocycles. The lowest BCUT2D eigenvalue weighted by Gasteiger charge is -1.75. The smallest absolute Gasteiger partial charge is 0.136 e. The average molecular weight is 312 g/mol. The van der Waals surface area contributed by atoms with Crippen molar-refractivity contribution >= 4 is 96.0 Å². The quantitative estimate of drug-likeness (QED) is 0.605. The maximum absolute atomic E-state index is 4.99. The standard InChI is InChI=1S/C2Cl4.4ClH/c3-1(4)2(5)6;;;;/h;4*1H. The van der Waals surface area contributed by atoms with E-state index in [4.69, 9.17) is 46.4 Å². The van der Waals surface area contributed by atoms with E-state index in [1.807, 2.05) is 0 Å². The molecular formula is C2H4Cl8. The topological polar surface area (TPSA) is 0 Å². The van der Waals surface area contributed by atoms with Gasteiger partial charge in [0.2, 0.25) is 0 Å². The normalized spacial score (nSPS) is 4.80. The summed E-state index contributed by atoms with van der Waals surface area (Å²) in [7, 11) is 0. The molecule has 0 aliphatic rings. The summed E-state index contributed by atoms with van der Waals surface area (Å²) in [6.45, 7) is 0. The van der Waals surface area contributed by atoms with Crippen LogP contribution >= 0.6 is 96.0 Å². The zero-order chi connectivity index (χ0) is 5.15. The summed E-state index contributed by atoms with van der Waals surface area (Å²) in [5.41, 5.74) is 0. The van der Waals surface area contributed by atoms with Crippen LogP contribution in [-0.2, 0) is 0 Å². The first-order chi connectivity index (χ1) is 2.64. The highest BCUT2D eigenvalue weighted by atomic mass is 35.5. The van der Waals surface area contributed by atoms with Crippen molar-refractivity contribution in [1.29, 1.82) is 0 Å². The van der Waals surface area contributed by atoms with E-state index in [9.17, 15) is 0 Å². The molecule has 0 amide bonds. The summed E-state index contributed by atoms with van der Waals surface area (Å²) in [6, 6.07) is 0. The van der Waals surface area contributed by atoms with Crippen LogP contribution in [0.2, 0.25) is 0 Å². The number of hydrogen-bond acceptors (Lipinski definition) is 0. The Morgan fingerprint density at radius 3 is 0.600 bits per heavy atom. The van der Waals surface area contributed by atoms with Gasteiger partial charge in [0.1, 0.15) is 8.98 Å². The van der Waals surface area contributed by atoms with Gasteiger partial charge >= 0.3 is 0 Å². The molecular weight excluding hydrogens is 308 g/mol. The van der Waals surface area contributed by atoms with E-state index < -0.39 is 0 Å². The Kier molecular flexibility index (Phi) is 51.0. The van der Waals surface area contributed by atoms with Gasteiger partial charge in [-0.25, -0.2) is 0 Å². The maximum Gasteiger partial charge on any atom is 0.136 e. The predicted octanol–water partition coefficient (Wildman–Crippen LogP) is 4.76. The van der Waals surface area contributed by atoms with Crippen LogP contribution in [0.4, 0.5) is 0 Å². The molecule has 0 aromatic rings. The van der Waals surface area contributed by atoms with Crippen LogP contribution in [0.1, 0.15) is 0 Å². The third kappa shape index (κ3) is 22.5. The molecule has 0 nitrogen and oxygen atoms in total. The highest BCUT2D eigenvalue weighted by Crippen LogP contribution is 2.20. The molecule has 8 heteroatoms. The van der Waals surface area contributed by atoms with E-state index in [0.29, 0.717) is 0 Å². The first-order valence-electron chi connectivity index (χ1n) is 1.01. The summed E-state index contributed by atoms with van der Waals surface area (Å²) in [5, 5.41) is 0. The lowest BCUT2D eigenvalue weighted by atomic mass is 11.2. The molecule has 0 rings (SSSR count). The molecule has 0 aliphatic carbocycles. The van der Waals surface area contributed by atoms with Gasteiger partial charge in [-0.2, -0.15) is 0 Å².